The van der Waals surface area contributed by atoms with Gasteiger partial charge >= 0.3 is 0 Å². The van der Waals surface area contributed by atoms with E-state index in [-0.39, 0.29) is 0 Å². The molecular formula is C14H13Cl2NO2. The first kappa shape index (κ1) is 13.8. The molecular weight excluding hydrogens is 285 g/mol. The molecule has 0 heterocycles. The van der Waals surface area contributed by atoms with Gasteiger partial charge in [0.1, 0.15) is 11.5 Å². The molecule has 0 saturated carbocycles. The van der Waals surface area contributed by atoms with Crippen molar-refractivity contribution in [2.45, 2.75) is 6.92 Å². The largest absolute Gasteiger partial charge is 0.494 e. The van der Waals surface area contributed by atoms with Crippen molar-refractivity contribution in [3.8, 4) is 17.2 Å². The molecule has 0 saturated heterocycles. The summed E-state index contributed by atoms with van der Waals surface area (Å²) in [6.45, 7) is 2.52. The fraction of sp³-hybridized carbons (Fsp3) is 0.143. The number of hydrogen-bond donors (Lipinski definition) is 1. The third-order valence-corrected chi connectivity index (χ3v) is 3.12. The number of halogens is 2. The Balaban J connectivity index is 2.25. The van der Waals surface area contributed by atoms with Crippen molar-refractivity contribution in [3.63, 3.8) is 0 Å². The average Bonchev–Trinajstić information content (AvgIpc) is 2.37. The lowest BCUT2D eigenvalue weighted by Gasteiger charge is -2.11. The number of ether oxygens (including phenoxy) is 2. The van der Waals surface area contributed by atoms with Crippen molar-refractivity contribution in [2.75, 3.05) is 12.3 Å². The zero-order valence-corrected chi connectivity index (χ0v) is 11.8. The van der Waals surface area contributed by atoms with Crippen LogP contribution in [0.2, 0.25) is 10.0 Å². The molecule has 2 aromatic rings. The summed E-state index contributed by atoms with van der Waals surface area (Å²) in [4.78, 5) is 0. The Morgan fingerprint density at radius 2 is 1.74 bits per heavy atom. The first-order chi connectivity index (χ1) is 9.10. The van der Waals surface area contributed by atoms with Gasteiger partial charge in [0.05, 0.1) is 22.3 Å². The molecule has 2 rings (SSSR count). The van der Waals surface area contributed by atoms with E-state index in [1.807, 2.05) is 25.1 Å². The van der Waals surface area contributed by atoms with Gasteiger partial charge in [-0.15, -0.1) is 0 Å². The van der Waals surface area contributed by atoms with E-state index >= 15 is 0 Å². The van der Waals surface area contributed by atoms with Crippen LogP contribution in [0.3, 0.4) is 0 Å². The molecule has 0 spiro atoms. The van der Waals surface area contributed by atoms with E-state index in [9.17, 15) is 0 Å². The number of benzene rings is 2. The van der Waals surface area contributed by atoms with E-state index in [1.54, 1.807) is 18.2 Å². The van der Waals surface area contributed by atoms with Crippen LogP contribution in [0.15, 0.2) is 36.4 Å². The Hall–Kier alpha value is -1.58. The van der Waals surface area contributed by atoms with Crippen LogP contribution in [0.4, 0.5) is 5.69 Å². The van der Waals surface area contributed by atoms with Gasteiger partial charge in [0.2, 0.25) is 0 Å². The molecule has 2 N–H and O–H groups in total. The standard InChI is InChI=1S/C14H13Cl2NO2/c1-2-18-9-4-3-5-10(6-9)19-14-8-12(16)11(15)7-13(14)17/h3-8H,2,17H2,1H3. The van der Waals surface area contributed by atoms with Crippen LogP contribution in [0.25, 0.3) is 0 Å². The van der Waals surface area contributed by atoms with Gasteiger partial charge in [0.15, 0.2) is 5.75 Å². The lowest BCUT2D eigenvalue weighted by molar-refractivity contribution is 0.338. The van der Waals surface area contributed by atoms with Gasteiger partial charge < -0.3 is 15.2 Å². The summed E-state index contributed by atoms with van der Waals surface area (Å²) >= 11 is 11.8. The van der Waals surface area contributed by atoms with Gasteiger partial charge in [0.25, 0.3) is 0 Å². The molecule has 0 unspecified atom stereocenters. The Bertz CT molecular complexity index is 588. The highest BCUT2D eigenvalue weighted by Crippen LogP contribution is 2.35. The summed E-state index contributed by atoms with van der Waals surface area (Å²) in [6, 6.07) is 10.4. The molecule has 0 aliphatic heterocycles. The molecule has 19 heavy (non-hydrogen) atoms. The maximum Gasteiger partial charge on any atom is 0.151 e. The SMILES string of the molecule is CCOc1cccc(Oc2cc(Cl)c(Cl)cc2N)c1. The van der Waals surface area contributed by atoms with Gasteiger partial charge in [-0.1, -0.05) is 29.3 Å². The molecule has 5 heteroatoms. The molecule has 0 aliphatic carbocycles. The summed E-state index contributed by atoms with van der Waals surface area (Å²) < 4.78 is 11.1. The summed E-state index contributed by atoms with van der Waals surface area (Å²) in [7, 11) is 0. The van der Waals surface area contributed by atoms with Crippen molar-refractivity contribution < 1.29 is 9.47 Å². The van der Waals surface area contributed by atoms with Gasteiger partial charge in [0, 0.05) is 12.1 Å². The molecule has 0 aliphatic rings. The lowest BCUT2D eigenvalue weighted by atomic mass is 10.3. The van der Waals surface area contributed by atoms with Crippen molar-refractivity contribution in [2.24, 2.45) is 0 Å². The van der Waals surface area contributed by atoms with Crippen LogP contribution >= 0.6 is 23.2 Å². The Labute approximate surface area is 121 Å². The molecule has 0 atom stereocenters. The predicted molar refractivity (Wildman–Crippen MR) is 78.6 cm³/mol. The summed E-state index contributed by atoms with van der Waals surface area (Å²) in [5.74, 6) is 1.82. The minimum Gasteiger partial charge on any atom is -0.494 e. The van der Waals surface area contributed by atoms with Crippen LogP contribution in [-0.4, -0.2) is 6.61 Å². The minimum absolute atomic E-state index is 0.395. The highest BCUT2D eigenvalue weighted by molar-refractivity contribution is 6.42. The van der Waals surface area contributed by atoms with Crippen LogP contribution in [-0.2, 0) is 0 Å². The number of nitrogen functional groups attached to an aromatic ring is 1. The molecule has 3 nitrogen and oxygen atoms in total. The zero-order chi connectivity index (χ0) is 13.8. The van der Waals surface area contributed by atoms with Crippen LogP contribution in [0, 0.1) is 0 Å². The maximum atomic E-state index is 5.94. The lowest BCUT2D eigenvalue weighted by Crippen LogP contribution is -1.94. The number of nitrogens with two attached hydrogens (primary N) is 1. The monoisotopic (exact) mass is 297 g/mol. The highest BCUT2D eigenvalue weighted by Gasteiger charge is 2.08. The van der Waals surface area contributed by atoms with E-state index in [0.29, 0.717) is 33.8 Å². The van der Waals surface area contributed by atoms with Crippen molar-refractivity contribution >= 4 is 28.9 Å². The molecule has 2 aromatic carbocycles. The van der Waals surface area contributed by atoms with Crippen LogP contribution in [0.5, 0.6) is 17.2 Å². The molecule has 0 bridgehead atoms. The normalized spacial score (nSPS) is 10.3. The first-order valence-electron chi connectivity index (χ1n) is 5.75. The fourth-order valence-corrected chi connectivity index (χ4v) is 1.88. The average molecular weight is 298 g/mol. The Morgan fingerprint density at radius 1 is 1.05 bits per heavy atom. The third kappa shape index (κ3) is 3.46. The predicted octanol–water partition coefficient (Wildman–Crippen LogP) is 4.77. The fourth-order valence-electron chi connectivity index (χ4n) is 1.55. The zero-order valence-electron chi connectivity index (χ0n) is 10.3. The van der Waals surface area contributed by atoms with Crippen molar-refractivity contribution in [1.29, 1.82) is 0 Å². The third-order valence-electron chi connectivity index (χ3n) is 2.40. The quantitative estimate of drug-likeness (QED) is 0.827. The van der Waals surface area contributed by atoms with Crippen molar-refractivity contribution in [3.05, 3.63) is 46.4 Å². The van der Waals surface area contributed by atoms with Crippen molar-refractivity contribution in [1.82, 2.24) is 0 Å². The van der Waals surface area contributed by atoms with Crippen LogP contribution in [0.1, 0.15) is 6.92 Å². The molecule has 0 fully saturated rings. The second kappa shape index (κ2) is 6.04. The van der Waals surface area contributed by atoms with Crippen LogP contribution < -0.4 is 15.2 Å². The van der Waals surface area contributed by atoms with Gasteiger partial charge in [-0.05, 0) is 25.1 Å². The molecule has 0 amide bonds. The van der Waals surface area contributed by atoms with E-state index in [0.717, 1.165) is 5.75 Å². The van der Waals surface area contributed by atoms with Gasteiger partial charge in [-0.3, -0.25) is 0 Å². The van der Waals surface area contributed by atoms with Gasteiger partial charge in [-0.2, -0.15) is 0 Å². The summed E-state index contributed by atoms with van der Waals surface area (Å²) in [5, 5.41) is 0.793. The molecule has 0 radical (unpaired) electrons. The van der Waals surface area contributed by atoms with E-state index in [1.165, 1.54) is 0 Å². The first-order valence-corrected chi connectivity index (χ1v) is 6.51. The second-order valence-corrected chi connectivity index (χ2v) is 4.63. The van der Waals surface area contributed by atoms with E-state index in [2.05, 4.69) is 0 Å². The number of hydrogen-bond acceptors (Lipinski definition) is 3. The second-order valence-electron chi connectivity index (χ2n) is 3.81. The number of anilines is 1. The molecule has 100 valence electrons. The van der Waals surface area contributed by atoms with Gasteiger partial charge in [-0.25, -0.2) is 0 Å². The molecule has 0 aromatic heterocycles. The number of rotatable bonds is 4. The summed E-state index contributed by atoms with van der Waals surface area (Å²) in [6.07, 6.45) is 0. The topological polar surface area (TPSA) is 44.5 Å². The smallest absolute Gasteiger partial charge is 0.151 e. The Kier molecular flexibility index (Phi) is 4.40. The van der Waals surface area contributed by atoms with E-state index in [4.69, 9.17) is 38.4 Å². The maximum absolute atomic E-state index is 5.94. The summed E-state index contributed by atoms with van der Waals surface area (Å²) in [5.41, 5.74) is 6.26. The Morgan fingerprint density at radius 3 is 2.47 bits per heavy atom. The highest BCUT2D eigenvalue weighted by atomic mass is 35.5. The van der Waals surface area contributed by atoms with E-state index < -0.39 is 0 Å². The minimum atomic E-state index is 0.395.